The van der Waals surface area contributed by atoms with Crippen molar-refractivity contribution in [2.45, 2.75) is 59.4 Å². The number of nitrogens with zero attached hydrogens (tertiary/aromatic N) is 1. The molecule has 1 N–H and O–H groups in total. The number of benzene rings is 3. The van der Waals surface area contributed by atoms with Crippen LogP contribution in [-0.4, -0.2) is 30.0 Å². The first kappa shape index (κ1) is 28.0. The molecule has 204 valence electrons. The van der Waals surface area contributed by atoms with Gasteiger partial charge in [0.05, 0.1) is 24.8 Å². The molecule has 1 saturated heterocycles. The van der Waals surface area contributed by atoms with Crippen LogP contribution in [0.1, 0.15) is 75.3 Å². The second-order valence-corrected chi connectivity index (χ2v) is 9.95. The molecule has 3 aromatic rings. The van der Waals surface area contributed by atoms with Crippen molar-refractivity contribution < 1.29 is 24.2 Å². The van der Waals surface area contributed by atoms with Gasteiger partial charge in [-0.3, -0.25) is 14.5 Å². The van der Waals surface area contributed by atoms with E-state index < -0.39 is 17.7 Å². The van der Waals surface area contributed by atoms with Crippen LogP contribution in [0.25, 0.3) is 5.76 Å². The summed E-state index contributed by atoms with van der Waals surface area (Å²) in [6.07, 6.45) is 1.71. The highest BCUT2D eigenvalue weighted by Crippen LogP contribution is 2.43. The van der Waals surface area contributed by atoms with E-state index in [2.05, 4.69) is 6.92 Å². The number of ether oxygens (including phenoxy) is 2. The molecule has 39 heavy (non-hydrogen) atoms. The Hall–Kier alpha value is -4.06. The molecule has 1 amide bonds. The molecule has 3 aromatic carbocycles. The molecule has 0 spiro atoms. The largest absolute Gasteiger partial charge is 0.507 e. The number of aliphatic hydroxyl groups excluding tert-OH is 1. The van der Waals surface area contributed by atoms with E-state index in [-0.39, 0.29) is 17.3 Å². The van der Waals surface area contributed by atoms with E-state index in [4.69, 9.17) is 9.47 Å². The fourth-order valence-corrected chi connectivity index (χ4v) is 4.88. The van der Waals surface area contributed by atoms with Crippen LogP contribution < -0.4 is 14.4 Å². The summed E-state index contributed by atoms with van der Waals surface area (Å²) in [5.74, 6) is -0.140. The summed E-state index contributed by atoms with van der Waals surface area (Å²) in [5, 5.41) is 11.6. The normalized spacial score (nSPS) is 16.7. The van der Waals surface area contributed by atoms with Crippen molar-refractivity contribution in [2.24, 2.45) is 0 Å². The number of Topliss-reactive ketones (excluding diaryl/α,β-unsaturated/α-hetero) is 1. The SMILES string of the molecule is CCCOc1cccc(N2C(=O)C(=O)/C(=C(\O)c3ccc(OCC)c(C(C)C)c3)C2c2ccc(CC)cc2)c1. The zero-order chi connectivity index (χ0) is 28.1. The third-order valence-corrected chi connectivity index (χ3v) is 6.92. The number of ketones is 1. The van der Waals surface area contributed by atoms with E-state index in [1.165, 1.54) is 4.90 Å². The molecule has 4 rings (SSSR count). The maximum Gasteiger partial charge on any atom is 0.300 e. The Bertz CT molecular complexity index is 1370. The summed E-state index contributed by atoms with van der Waals surface area (Å²) in [6.45, 7) is 11.2. The summed E-state index contributed by atoms with van der Waals surface area (Å²) in [5.41, 5.74) is 3.85. The zero-order valence-electron chi connectivity index (χ0n) is 23.4. The quantitative estimate of drug-likeness (QED) is 0.172. The van der Waals surface area contributed by atoms with Gasteiger partial charge in [0.1, 0.15) is 17.3 Å². The second-order valence-electron chi connectivity index (χ2n) is 9.95. The molecule has 1 aliphatic rings. The first-order chi connectivity index (χ1) is 18.8. The molecule has 0 bridgehead atoms. The summed E-state index contributed by atoms with van der Waals surface area (Å²) in [7, 11) is 0. The molecule has 0 saturated carbocycles. The number of hydrogen-bond acceptors (Lipinski definition) is 5. The average Bonchev–Trinajstić information content (AvgIpc) is 3.21. The van der Waals surface area contributed by atoms with Gasteiger partial charge < -0.3 is 14.6 Å². The van der Waals surface area contributed by atoms with Crippen LogP contribution in [0, 0.1) is 0 Å². The van der Waals surface area contributed by atoms with Gasteiger partial charge in [0.15, 0.2) is 0 Å². The van der Waals surface area contributed by atoms with Crippen LogP contribution in [0.4, 0.5) is 5.69 Å². The van der Waals surface area contributed by atoms with E-state index in [1.807, 2.05) is 70.2 Å². The molecule has 1 fully saturated rings. The van der Waals surface area contributed by atoms with Crippen LogP contribution >= 0.6 is 0 Å². The summed E-state index contributed by atoms with van der Waals surface area (Å²) < 4.78 is 11.6. The second kappa shape index (κ2) is 12.2. The lowest BCUT2D eigenvalue weighted by atomic mass is 9.92. The first-order valence-corrected chi connectivity index (χ1v) is 13.7. The predicted molar refractivity (Wildman–Crippen MR) is 155 cm³/mol. The van der Waals surface area contributed by atoms with Crippen molar-refractivity contribution in [1.82, 2.24) is 0 Å². The number of aliphatic hydroxyl groups is 1. The predicted octanol–water partition coefficient (Wildman–Crippen LogP) is 7.19. The highest BCUT2D eigenvalue weighted by atomic mass is 16.5. The molecule has 1 heterocycles. The van der Waals surface area contributed by atoms with Crippen molar-refractivity contribution in [3.8, 4) is 11.5 Å². The molecule has 1 unspecified atom stereocenters. The van der Waals surface area contributed by atoms with E-state index >= 15 is 0 Å². The van der Waals surface area contributed by atoms with Crippen LogP contribution in [0.2, 0.25) is 0 Å². The van der Waals surface area contributed by atoms with Crippen molar-refractivity contribution in [3.63, 3.8) is 0 Å². The number of carbonyl (C=O) groups is 2. The lowest BCUT2D eigenvalue weighted by Gasteiger charge is -2.26. The van der Waals surface area contributed by atoms with Crippen LogP contribution in [0.15, 0.2) is 72.3 Å². The van der Waals surface area contributed by atoms with Gasteiger partial charge in [0.2, 0.25) is 0 Å². The standard InChI is InChI=1S/C33H37NO5/c1-6-18-39-26-11-9-10-25(20-26)34-30(23-14-12-22(7-2)13-15-23)29(32(36)33(34)37)31(35)24-16-17-28(38-8-3)27(19-24)21(4)5/h9-17,19-21,30,35H,6-8,18H2,1-5H3/b31-29-. The van der Waals surface area contributed by atoms with Gasteiger partial charge in [-0.2, -0.15) is 0 Å². The number of anilines is 1. The van der Waals surface area contributed by atoms with Crippen LogP contribution in [0.5, 0.6) is 11.5 Å². The lowest BCUT2D eigenvalue weighted by molar-refractivity contribution is -0.132. The molecular weight excluding hydrogens is 490 g/mol. The Balaban J connectivity index is 1.90. The van der Waals surface area contributed by atoms with Crippen molar-refractivity contribution in [3.05, 3.63) is 94.6 Å². The minimum Gasteiger partial charge on any atom is -0.507 e. The average molecular weight is 528 g/mol. The molecular formula is C33H37NO5. The van der Waals surface area contributed by atoms with Crippen LogP contribution in [0.3, 0.4) is 0 Å². The molecule has 1 atom stereocenters. The Labute approximate surface area is 230 Å². The number of aryl methyl sites for hydroxylation is 1. The van der Waals surface area contributed by atoms with Gasteiger partial charge in [0.25, 0.3) is 11.7 Å². The summed E-state index contributed by atoms with van der Waals surface area (Å²) >= 11 is 0. The number of carbonyl (C=O) groups excluding carboxylic acids is 2. The van der Waals surface area contributed by atoms with E-state index in [1.54, 1.807) is 24.3 Å². The van der Waals surface area contributed by atoms with Gasteiger partial charge in [-0.1, -0.05) is 58.0 Å². The molecule has 1 aliphatic heterocycles. The van der Waals surface area contributed by atoms with Gasteiger partial charge in [0, 0.05) is 17.3 Å². The third kappa shape index (κ3) is 5.70. The maximum absolute atomic E-state index is 13.6. The maximum atomic E-state index is 13.6. The van der Waals surface area contributed by atoms with Gasteiger partial charge in [-0.25, -0.2) is 0 Å². The lowest BCUT2D eigenvalue weighted by Crippen LogP contribution is -2.29. The van der Waals surface area contributed by atoms with Gasteiger partial charge in [-0.05, 0) is 72.7 Å². The first-order valence-electron chi connectivity index (χ1n) is 13.7. The zero-order valence-corrected chi connectivity index (χ0v) is 23.4. The van der Waals surface area contributed by atoms with E-state index in [0.29, 0.717) is 30.2 Å². The Kier molecular flexibility index (Phi) is 8.75. The minimum absolute atomic E-state index is 0.0583. The number of hydrogen-bond donors (Lipinski definition) is 1. The highest BCUT2D eigenvalue weighted by molar-refractivity contribution is 6.51. The third-order valence-electron chi connectivity index (χ3n) is 6.92. The van der Waals surface area contributed by atoms with Crippen molar-refractivity contribution in [2.75, 3.05) is 18.1 Å². The Morgan fingerprint density at radius 2 is 1.69 bits per heavy atom. The Morgan fingerprint density at radius 3 is 2.33 bits per heavy atom. The van der Waals surface area contributed by atoms with Gasteiger partial charge in [-0.15, -0.1) is 0 Å². The molecule has 0 aromatic heterocycles. The molecule has 0 radical (unpaired) electrons. The topological polar surface area (TPSA) is 76.1 Å². The van der Waals surface area contributed by atoms with Crippen molar-refractivity contribution >= 4 is 23.1 Å². The van der Waals surface area contributed by atoms with Crippen LogP contribution in [-0.2, 0) is 16.0 Å². The monoisotopic (exact) mass is 527 g/mol. The highest BCUT2D eigenvalue weighted by Gasteiger charge is 2.47. The molecule has 6 nitrogen and oxygen atoms in total. The fourth-order valence-electron chi connectivity index (χ4n) is 4.88. The minimum atomic E-state index is -0.800. The summed E-state index contributed by atoms with van der Waals surface area (Å²) in [4.78, 5) is 28.6. The summed E-state index contributed by atoms with van der Waals surface area (Å²) in [6, 6.07) is 19.6. The molecule has 6 heteroatoms. The van der Waals surface area contributed by atoms with E-state index in [9.17, 15) is 14.7 Å². The smallest absolute Gasteiger partial charge is 0.300 e. The van der Waals surface area contributed by atoms with Gasteiger partial charge >= 0.3 is 0 Å². The molecule has 0 aliphatic carbocycles. The number of rotatable bonds is 10. The fraction of sp³-hybridized carbons (Fsp3) is 0.333. The number of amides is 1. The van der Waals surface area contributed by atoms with Crippen molar-refractivity contribution in [1.29, 1.82) is 0 Å². The van der Waals surface area contributed by atoms with E-state index in [0.717, 1.165) is 35.3 Å². The Morgan fingerprint density at radius 1 is 0.949 bits per heavy atom.